The third-order valence-corrected chi connectivity index (χ3v) is 6.86. The van der Waals surface area contributed by atoms with E-state index < -0.39 is 9.84 Å². The van der Waals surface area contributed by atoms with Crippen molar-refractivity contribution >= 4 is 9.84 Å². The minimum Gasteiger partial charge on any atom is -0.380 e. The van der Waals surface area contributed by atoms with Crippen LogP contribution in [0.25, 0.3) is 0 Å². The Balaban J connectivity index is 2.07. The van der Waals surface area contributed by atoms with Crippen molar-refractivity contribution in [3.8, 4) is 0 Å². The molecule has 2 rings (SSSR count). The molecule has 106 valence electrons. The minimum absolute atomic E-state index is 0.0873. The Morgan fingerprint density at radius 1 is 1.22 bits per heavy atom. The van der Waals surface area contributed by atoms with Crippen molar-refractivity contribution in [1.82, 2.24) is 5.32 Å². The Morgan fingerprint density at radius 3 is 2.61 bits per heavy atom. The smallest absolute Gasteiger partial charge is 0.159 e. The van der Waals surface area contributed by atoms with Crippen LogP contribution in [0.15, 0.2) is 0 Å². The molecule has 0 spiro atoms. The molecule has 1 aliphatic carbocycles. The Bertz CT molecular complexity index is 349. The number of rotatable bonds is 5. The minimum atomic E-state index is -3.03. The molecule has 2 unspecified atom stereocenters. The van der Waals surface area contributed by atoms with E-state index >= 15 is 0 Å². The van der Waals surface area contributed by atoms with E-state index in [1.807, 2.05) is 0 Å². The summed E-state index contributed by atoms with van der Waals surface area (Å²) >= 11 is 0. The molecule has 0 aromatic carbocycles. The number of nitrogens with one attached hydrogen (secondary N) is 1. The summed E-state index contributed by atoms with van der Waals surface area (Å²) in [6, 6.07) is 0.0873. The van der Waals surface area contributed by atoms with Gasteiger partial charge in [-0.3, -0.25) is 0 Å². The third-order valence-electron chi connectivity index (χ3n) is 4.15. The van der Waals surface area contributed by atoms with Crippen LogP contribution in [0.2, 0.25) is 0 Å². The van der Waals surface area contributed by atoms with Gasteiger partial charge in [-0.2, -0.15) is 0 Å². The van der Waals surface area contributed by atoms with E-state index in [2.05, 4.69) is 12.2 Å². The van der Waals surface area contributed by atoms with Crippen LogP contribution >= 0.6 is 0 Å². The van der Waals surface area contributed by atoms with Gasteiger partial charge in [0.05, 0.1) is 11.9 Å². The van der Waals surface area contributed by atoms with Crippen molar-refractivity contribution < 1.29 is 13.2 Å². The Kier molecular flexibility index (Phi) is 5.04. The van der Waals surface area contributed by atoms with Crippen molar-refractivity contribution in [3.05, 3.63) is 0 Å². The lowest BCUT2D eigenvalue weighted by Crippen LogP contribution is -2.52. The second kappa shape index (κ2) is 6.35. The number of ether oxygens (including phenoxy) is 1. The van der Waals surface area contributed by atoms with E-state index in [-0.39, 0.29) is 16.5 Å². The summed E-state index contributed by atoms with van der Waals surface area (Å²) in [5.74, 6) is 0. The van der Waals surface area contributed by atoms with Gasteiger partial charge < -0.3 is 10.1 Å². The molecule has 5 heteroatoms. The van der Waals surface area contributed by atoms with E-state index in [1.54, 1.807) is 0 Å². The lowest BCUT2D eigenvalue weighted by molar-refractivity contribution is 0.0805. The van der Waals surface area contributed by atoms with Gasteiger partial charge in [0.1, 0.15) is 5.25 Å². The van der Waals surface area contributed by atoms with Crippen molar-refractivity contribution in [3.63, 3.8) is 0 Å². The van der Waals surface area contributed by atoms with Crippen LogP contribution in [0.4, 0.5) is 0 Å². The predicted molar refractivity (Wildman–Crippen MR) is 72.5 cm³/mol. The maximum atomic E-state index is 12.6. The molecular weight excluding hydrogens is 250 g/mol. The van der Waals surface area contributed by atoms with Crippen LogP contribution in [0.1, 0.15) is 45.4 Å². The topological polar surface area (TPSA) is 55.4 Å². The fourth-order valence-corrected chi connectivity index (χ4v) is 5.52. The van der Waals surface area contributed by atoms with Gasteiger partial charge in [0.15, 0.2) is 9.84 Å². The zero-order valence-electron chi connectivity index (χ0n) is 11.2. The van der Waals surface area contributed by atoms with Gasteiger partial charge >= 0.3 is 0 Å². The predicted octanol–water partition coefficient (Wildman–Crippen LogP) is 1.50. The Morgan fingerprint density at radius 2 is 1.94 bits per heavy atom. The SMILES string of the molecule is CCCNC1CCOCC1S(=O)(=O)C1CCCC1. The van der Waals surface area contributed by atoms with Crippen LogP contribution in [0.3, 0.4) is 0 Å². The maximum Gasteiger partial charge on any atom is 0.159 e. The fourth-order valence-electron chi connectivity index (χ4n) is 3.06. The molecule has 2 atom stereocenters. The van der Waals surface area contributed by atoms with Gasteiger partial charge in [0.2, 0.25) is 0 Å². The maximum absolute atomic E-state index is 12.6. The molecule has 0 amide bonds. The first-order chi connectivity index (χ1) is 8.66. The number of hydrogen-bond donors (Lipinski definition) is 1. The zero-order valence-corrected chi connectivity index (χ0v) is 12.0. The zero-order chi connectivity index (χ0) is 13.0. The van der Waals surface area contributed by atoms with E-state index in [0.717, 1.165) is 45.1 Å². The second-order valence-corrected chi connectivity index (χ2v) is 7.91. The van der Waals surface area contributed by atoms with Crippen molar-refractivity contribution in [2.24, 2.45) is 0 Å². The molecule has 2 fully saturated rings. The summed E-state index contributed by atoms with van der Waals surface area (Å²) in [5.41, 5.74) is 0. The first kappa shape index (κ1) is 14.3. The Hall–Kier alpha value is -0.130. The highest BCUT2D eigenvalue weighted by Crippen LogP contribution is 2.30. The van der Waals surface area contributed by atoms with E-state index in [1.165, 1.54) is 0 Å². The molecule has 0 aromatic rings. The summed E-state index contributed by atoms with van der Waals surface area (Å²) in [6.07, 6.45) is 5.66. The van der Waals surface area contributed by atoms with Gasteiger partial charge in [-0.1, -0.05) is 19.8 Å². The largest absolute Gasteiger partial charge is 0.380 e. The average molecular weight is 275 g/mol. The van der Waals surface area contributed by atoms with Crippen LogP contribution in [-0.2, 0) is 14.6 Å². The van der Waals surface area contributed by atoms with Gasteiger partial charge in [-0.15, -0.1) is 0 Å². The number of hydrogen-bond acceptors (Lipinski definition) is 4. The third kappa shape index (κ3) is 3.06. The van der Waals surface area contributed by atoms with Gasteiger partial charge in [-0.25, -0.2) is 8.42 Å². The molecule has 1 heterocycles. The molecule has 1 saturated heterocycles. The number of sulfone groups is 1. The van der Waals surface area contributed by atoms with E-state index in [0.29, 0.717) is 13.2 Å². The molecule has 0 aromatic heterocycles. The van der Waals surface area contributed by atoms with Crippen molar-refractivity contribution in [2.75, 3.05) is 19.8 Å². The average Bonchev–Trinajstić information content (AvgIpc) is 2.91. The normalized spacial score (nSPS) is 30.7. The Labute approximate surface area is 110 Å². The van der Waals surface area contributed by atoms with Crippen molar-refractivity contribution in [2.45, 2.75) is 62.0 Å². The fraction of sp³-hybridized carbons (Fsp3) is 1.00. The summed E-state index contributed by atoms with van der Waals surface area (Å²) < 4.78 is 30.7. The quantitative estimate of drug-likeness (QED) is 0.826. The monoisotopic (exact) mass is 275 g/mol. The second-order valence-electron chi connectivity index (χ2n) is 5.46. The van der Waals surface area contributed by atoms with Crippen molar-refractivity contribution in [1.29, 1.82) is 0 Å². The first-order valence-electron chi connectivity index (χ1n) is 7.20. The van der Waals surface area contributed by atoms with Crippen LogP contribution in [-0.4, -0.2) is 44.7 Å². The summed E-state index contributed by atoms with van der Waals surface area (Å²) in [5, 5.41) is 2.94. The molecule has 1 aliphatic heterocycles. The lowest BCUT2D eigenvalue weighted by Gasteiger charge is -2.33. The molecule has 1 N–H and O–H groups in total. The molecule has 4 nitrogen and oxygen atoms in total. The summed E-state index contributed by atoms with van der Waals surface area (Å²) in [4.78, 5) is 0. The van der Waals surface area contributed by atoms with E-state index in [9.17, 15) is 8.42 Å². The highest BCUT2D eigenvalue weighted by molar-refractivity contribution is 7.92. The summed E-state index contributed by atoms with van der Waals surface area (Å²) in [6.45, 7) is 4.05. The molecule has 0 bridgehead atoms. The van der Waals surface area contributed by atoms with Crippen LogP contribution in [0, 0.1) is 0 Å². The lowest BCUT2D eigenvalue weighted by atomic mass is 10.1. The molecule has 18 heavy (non-hydrogen) atoms. The standard InChI is InChI=1S/C13H25NO3S/c1-2-8-14-12-7-9-17-10-13(12)18(15,16)11-5-3-4-6-11/h11-14H,2-10H2,1H3. The van der Waals surface area contributed by atoms with Gasteiger partial charge in [0.25, 0.3) is 0 Å². The highest BCUT2D eigenvalue weighted by atomic mass is 32.2. The van der Waals surface area contributed by atoms with E-state index in [4.69, 9.17) is 4.74 Å². The molecular formula is C13H25NO3S. The highest BCUT2D eigenvalue weighted by Gasteiger charge is 2.41. The van der Waals surface area contributed by atoms with Crippen LogP contribution < -0.4 is 5.32 Å². The molecule has 1 saturated carbocycles. The first-order valence-corrected chi connectivity index (χ1v) is 8.81. The molecule has 0 radical (unpaired) electrons. The molecule has 2 aliphatic rings. The van der Waals surface area contributed by atoms with Gasteiger partial charge in [-0.05, 0) is 32.2 Å². The summed E-state index contributed by atoms with van der Waals surface area (Å²) in [7, 11) is -3.03. The van der Waals surface area contributed by atoms with Gasteiger partial charge in [0, 0.05) is 12.6 Å². The van der Waals surface area contributed by atoms with Crippen LogP contribution in [0.5, 0.6) is 0 Å².